The number of ether oxygens (including phenoxy) is 3. The summed E-state index contributed by atoms with van der Waals surface area (Å²) in [6.45, 7) is -0.352. The summed E-state index contributed by atoms with van der Waals surface area (Å²) in [7, 11) is -2.40. The summed E-state index contributed by atoms with van der Waals surface area (Å²) < 4.78 is 41.0. The Morgan fingerprint density at radius 1 is 1.28 bits per heavy atom. The molecule has 0 bridgehead atoms. The van der Waals surface area contributed by atoms with Crippen molar-refractivity contribution in [1.82, 2.24) is 5.43 Å². The quantitative estimate of drug-likeness (QED) is 0.522. The number of nitrogens with zero attached hydrogens (tertiary/aromatic N) is 2. The molecule has 0 aromatic heterocycles. The number of methoxy groups -OCH3 is 1. The second-order valence-electron chi connectivity index (χ2n) is 5.99. The van der Waals surface area contributed by atoms with Crippen molar-refractivity contribution in [2.75, 3.05) is 31.0 Å². The van der Waals surface area contributed by atoms with Gasteiger partial charge in [-0.2, -0.15) is 5.10 Å². The van der Waals surface area contributed by atoms with Gasteiger partial charge < -0.3 is 14.2 Å². The monoisotopic (exact) mass is 439 g/mol. The first-order valence-electron chi connectivity index (χ1n) is 8.31. The molecule has 2 aromatic carbocycles. The van der Waals surface area contributed by atoms with Crippen molar-refractivity contribution in [1.29, 1.82) is 0 Å². The van der Waals surface area contributed by atoms with Crippen molar-refractivity contribution < 1.29 is 27.4 Å². The highest BCUT2D eigenvalue weighted by molar-refractivity contribution is 7.92. The van der Waals surface area contributed by atoms with Crippen molar-refractivity contribution in [3.63, 3.8) is 0 Å². The Hall–Kier alpha value is -2.98. The fourth-order valence-electron chi connectivity index (χ4n) is 2.58. The number of sulfonamides is 1. The lowest BCUT2D eigenvalue weighted by molar-refractivity contribution is -0.119. The number of hydrogen-bond acceptors (Lipinski definition) is 7. The maximum Gasteiger partial charge on any atom is 0.260 e. The van der Waals surface area contributed by atoms with Crippen LogP contribution in [0.15, 0.2) is 41.5 Å². The largest absolute Gasteiger partial charge is 0.495 e. The normalized spacial score (nSPS) is 12.8. The number of hydrogen-bond donors (Lipinski definition) is 1. The molecule has 1 amide bonds. The molecule has 2 aromatic rings. The maximum atomic E-state index is 12.3. The lowest BCUT2D eigenvalue weighted by Crippen LogP contribution is -2.39. The van der Waals surface area contributed by atoms with E-state index in [0.717, 1.165) is 10.6 Å². The van der Waals surface area contributed by atoms with Gasteiger partial charge in [0.25, 0.3) is 5.91 Å². The first-order valence-corrected chi connectivity index (χ1v) is 10.5. The molecule has 1 aliphatic rings. The van der Waals surface area contributed by atoms with Gasteiger partial charge in [-0.3, -0.25) is 9.10 Å². The molecule has 154 valence electrons. The molecule has 1 heterocycles. The van der Waals surface area contributed by atoms with E-state index in [9.17, 15) is 13.2 Å². The summed E-state index contributed by atoms with van der Waals surface area (Å²) in [5.41, 5.74) is 3.12. The number of rotatable bonds is 7. The fourth-order valence-corrected chi connectivity index (χ4v) is 3.60. The number of anilines is 1. The topological polar surface area (TPSA) is 107 Å². The molecule has 29 heavy (non-hydrogen) atoms. The number of nitrogens with one attached hydrogen (secondary N) is 1. The van der Waals surface area contributed by atoms with Crippen LogP contribution in [0.3, 0.4) is 0 Å². The fraction of sp³-hybridized carbons (Fsp3) is 0.222. The highest BCUT2D eigenvalue weighted by Crippen LogP contribution is 2.33. The molecule has 11 heteroatoms. The van der Waals surface area contributed by atoms with Crippen LogP contribution in [-0.2, 0) is 14.8 Å². The van der Waals surface area contributed by atoms with Crippen molar-refractivity contribution >= 4 is 39.4 Å². The van der Waals surface area contributed by atoms with Crippen LogP contribution in [0.25, 0.3) is 0 Å². The Morgan fingerprint density at radius 3 is 2.76 bits per heavy atom. The smallest absolute Gasteiger partial charge is 0.260 e. The maximum absolute atomic E-state index is 12.3. The number of carbonyl (C=O) groups excluding carboxylic acids is 1. The predicted octanol–water partition coefficient (Wildman–Crippen LogP) is 1.99. The molecule has 3 rings (SSSR count). The lowest BCUT2D eigenvalue weighted by Gasteiger charge is -2.23. The van der Waals surface area contributed by atoms with Gasteiger partial charge in [-0.1, -0.05) is 11.6 Å². The van der Waals surface area contributed by atoms with Gasteiger partial charge in [-0.25, -0.2) is 13.8 Å². The summed E-state index contributed by atoms with van der Waals surface area (Å²) in [6, 6.07) is 9.65. The van der Waals surface area contributed by atoms with Crippen molar-refractivity contribution in [2.24, 2.45) is 5.10 Å². The minimum atomic E-state index is -3.79. The molecular formula is C18H18ClN3O6S. The summed E-state index contributed by atoms with van der Waals surface area (Å²) >= 11 is 5.98. The van der Waals surface area contributed by atoms with E-state index in [0.29, 0.717) is 22.1 Å². The van der Waals surface area contributed by atoms with E-state index in [2.05, 4.69) is 10.5 Å². The minimum Gasteiger partial charge on any atom is -0.495 e. The second-order valence-corrected chi connectivity index (χ2v) is 8.33. The average Bonchev–Trinajstić information content (AvgIpc) is 3.13. The molecule has 0 spiro atoms. The van der Waals surface area contributed by atoms with Gasteiger partial charge in [0.2, 0.25) is 16.8 Å². The SMILES string of the molecule is COc1ccc(Cl)cc1N(CC(=O)N/N=C\c1ccc2c(c1)OCO2)S(C)(=O)=O. The van der Waals surface area contributed by atoms with Gasteiger partial charge in [0.15, 0.2) is 11.5 Å². The highest BCUT2D eigenvalue weighted by atomic mass is 35.5. The van der Waals surface area contributed by atoms with Gasteiger partial charge in [0.1, 0.15) is 12.3 Å². The molecule has 0 unspecified atom stereocenters. The van der Waals surface area contributed by atoms with Crippen LogP contribution in [0.5, 0.6) is 17.2 Å². The Bertz CT molecular complexity index is 1060. The highest BCUT2D eigenvalue weighted by Gasteiger charge is 2.24. The standard InChI is InChI=1S/C18H18ClN3O6S/c1-26-15-6-4-13(19)8-14(15)22(29(2,24)25)10-18(23)21-20-9-12-3-5-16-17(7-12)28-11-27-16/h3-9H,10-11H2,1-2H3,(H,21,23)/b20-9-. The van der Waals surface area contributed by atoms with Crippen LogP contribution in [0.4, 0.5) is 5.69 Å². The third-order valence-electron chi connectivity index (χ3n) is 3.90. The molecule has 0 radical (unpaired) electrons. The van der Waals surface area contributed by atoms with Crippen LogP contribution in [0, 0.1) is 0 Å². The number of carbonyl (C=O) groups is 1. The Labute approximate surface area is 172 Å². The van der Waals surface area contributed by atoms with Crippen LogP contribution in [-0.4, -0.2) is 47.2 Å². The molecule has 0 fully saturated rings. The number of fused-ring (bicyclic) bond motifs is 1. The molecule has 0 saturated carbocycles. The second kappa shape index (κ2) is 8.58. The zero-order chi connectivity index (χ0) is 21.0. The van der Waals surface area contributed by atoms with E-state index < -0.39 is 22.5 Å². The summed E-state index contributed by atoms with van der Waals surface area (Å²) in [4.78, 5) is 12.3. The van der Waals surface area contributed by atoms with Crippen molar-refractivity contribution in [3.8, 4) is 17.2 Å². The summed E-state index contributed by atoms with van der Waals surface area (Å²) in [6.07, 6.45) is 2.39. The predicted molar refractivity (Wildman–Crippen MR) is 108 cm³/mol. The van der Waals surface area contributed by atoms with E-state index in [1.54, 1.807) is 24.3 Å². The lowest BCUT2D eigenvalue weighted by atomic mass is 10.2. The molecule has 9 nitrogen and oxygen atoms in total. The van der Waals surface area contributed by atoms with Gasteiger partial charge in [0, 0.05) is 5.02 Å². The van der Waals surface area contributed by atoms with Crippen molar-refractivity contribution in [2.45, 2.75) is 0 Å². The van der Waals surface area contributed by atoms with E-state index in [1.807, 2.05) is 0 Å². The first kappa shape index (κ1) is 20.7. The number of hydrazone groups is 1. The number of halogens is 1. The first-order chi connectivity index (χ1) is 13.8. The Kier molecular flexibility index (Phi) is 6.14. The van der Waals surface area contributed by atoms with Crippen LogP contribution in [0.1, 0.15) is 5.56 Å². The van der Waals surface area contributed by atoms with E-state index >= 15 is 0 Å². The third kappa shape index (κ3) is 5.09. The average molecular weight is 440 g/mol. The van der Waals surface area contributed by atoms with E-state index in [4.69, 9.17) is 25.8 Å². The molecule has 1 aliphatic heterocycles. The van der Waals surface area contributed by atoms with Gasteiger partial charge >= 0.3 is 0 Å². The van der Waals surface area contributed by atoms with Crippen LogP contribution >= 0.6 is 11.6 Å². The number of amides is 1. The van der Waals surface area contributed by atoms with Crippen molar-refractivity contribution in [3.05, 3.63) is 47.0 Å². The molecule has 0 atom stereocenters. The summed E-state index contributed by atoms with van der Waals surface area (Å²) in [5.74, 6) is 0.827. The molecule has 1 N–H and O–H groups in total. The molecule has 0 saturated heterocycles. The zero-order valence-corrected chi connectivity index (χ0v) is 17.2. The Balaban J connectivity index is 1.72. The summed E-state index contributed by atoms with van der Waals surface area (Å²) in [5, 5.41) is 4.16. The van der Waals surface area contributed by atoms with Gasteiger partial charge in [0.05, 0.1) is 25.3 Å². The van der Waals surface area contributed by atoms with Gasteiger partial charge in [-0.15, -0.1) is 0 Å². The zero-order valence-electron chi connectivity index (χ0n) is 15.6. The molecule has 0 aliphatic carbocycles. The Morgan fingerprint density at radius 2 is 2.03 bits per heavy atom. The van der Waals surface area contributed by atoms with Crippen LogP contribution in [0.2, 0.25) is 5.02 Å². The van der Waals surface area contributed by atoms with Gasteiger partial charge in [-0.05, 0) is 42.0 Å². The van der Waals surface area contributed by atoms with E-state index in [1.165, 1.54) is 25.5 Å². The number of benzene rings is 2. The third-order valence-corrected chi connectivity index (χ3v) is 5.26. The van der Waals surface area contributed by atoms with Crippen LogP contribution < -0.4 is 23.9 Å². The minimum absolute atomic E-state index is 0.150. The molecular weight excluding hydrogens is 422 g/mol. The van der Waals surface area contributed by atoms with E-state index in [-0.39, 0.29) is 18.2 Å².